The Hall–Kier alpha value is -4.32. The lowest BCUT2D eigenvalue weighted by molar-refractivity contribution is -0.253. The van der Waals surface area contributed by atoms with Crippen LogP contribution in [0.25, 0.3) is 0 Å². The number of amides is 1. The molecule has 0 saturated carbocycles. The average molecular weight is 580 g/mol. The van der Waals surface area contributed by atoms with Crippen LogP contribution in [0.2, 0.25) is 5.02 Å². The second-order valence-corrected chi connectivity index (χ2v) is 9.04. The Morgan fingerprint density at radius 1 is 1.18 bits per heavy atom. The Kier molecular flexibility index (Phi) is 9.94. The highest BCUT2D eigenvalue weighted by Crippen LogP contribution is 2.35. The van der Waals surface area contributed by atoms with Crippen molar-refractivity contribution in [3.05, 3.63) is 88.3 Å². The molecule has 212 valence electrons. The van der Waals surface area contributed by atoms with E-state index in [0.717, 1.165) is 29.6 Å². The fraction of sp³-hybridized carbons (Fsp3) is 0.222. The van der Waals surface area contributed by atoms with Gasteiger partial charge in [-0.2, -0.15) is 17.6 Å². The third-order valence-corrected chi connectivity index (χ3v) is 5.93. The van der Waals surface area contributed by atoms with E-state index in [-0.39, 0.29) is 22.2 Å². The molecule has 3 aromatic rings. The Labute approximate surface area is 232 Å². The van der Waals surface area contributed by atoms with E-state index in [1.54, 1.807) is 18.3 Å². The lowest BCUT2D eigenvalue weighted by atomic mass is 9.95. The number of nitrogens with zero attached hydrogens (tertiary/aromatic N) is 2. The molecule has 1 amide bonds. The number of nitrogens with one attached hydrogen (secondary N) is 1. The number of ether oxygens (including phenoxy) is 2. The van der Waals surface area contributed by atoms with Gasteiger partial charge in [0.05, 0.1) is 17.0 Å². The Bertz CT molecular complexity index is 1420. The number of carbonyl (C=O) groups excluding carboxylic acids is 1. The van der Waals surface area contributed by atoms with Gasteiger partial charge >= 0.3 is 12.5 Å². The van der Waals surface area contributed by atoms with Gasteiger partial charge in [-0.3, -0.25) is 4.79 Å². The lowest BCUT2D eigenvalue weighted by Gasteiger charge is -2.18. The van der Waals surface area contributed by atoms with Crippen LogP contribution < -0.4 is 26.3 Å². The highest BCUT2D eigenvalue weighted by molar-refractivity contribution is 6.34. The number of aromatic nitrogens is 1. The average Bonchev–Trinajstić information content (AvgIpc) is 2.90. The standard InChI is InChI=1S/C27H26ClF4N5O3/c1-15(11-16(2)23(34)36-14-33)20-7-4-10-35-25(20)39-18-8-9-21(28)22(13-18)37-24(38)17-5-3-6-19(12-17)40-27(31,32)26(29)30/h3-10,12-15,26H,11,34H2,1-2H3,(H2,33,36)(H,37,38)/b23-16-. The van der Waals surface area contributed by atoms with Gasteiger partial charge in [-0.25, -0.2) is 9.98 Å². The molecule has 0 aliphatic carbocycles. The third-order valence-electron chi connectivity index (χ3n) is 5.60. The summed E-state index contributed by atoms with van der Waals surface area (Å²) in [6, 6.07) is 12.6. The highest BCUT2D eigenvalue weighted by atomic mass is 35.5. The van der Waals surface area contributed by atoms with Crippen molar-refractivity contribution < 1.29 is 31.8 Å². The number of hydrogen-bond acceptors (Lipinski definition) is 6. The predicted octanol–water partition coefficient (Wildman–Crippen LogP) is 6.69. The predicted molar refractivity (Wildman–Crippen MR) is 144 cm³/mol. The number of carbonyl (C=O) groups is 1. The molecule has 13 heteroatoms. The fourth-order valence-electron chi connectivity index (χ4n) is 3.60. The van der Waals surface area contributed by atoms with E-state index >= 15 is 0 Å². The summed E-state index contributed by atoms with van der Waals surface area (Å²) in [5, 5.41) is 2.70. The summed E-state index contributed by atoms with van der Waals surface area (Å²) in [7, 11) is 0. The number of anilines is 1. The molecule has 1 unspecified atom stereocenters. The number of nitrogens with two attached hydrogens (primary N) is 2. The summed E-state index contributed by atoms with van der Waals surface area (Å²) in [5.74, 6) is -0.503. The molecular weight excluding hydrogens is 554 g/mol. The Morgan fingerprint density at radius 2 is 1.93 bits per heavy atom. The summed E-state index contributed by atoms with van der Waals surface area (Å²) in [6.07, 6.45) is -5.52. The molecule has 2 aromatic carbocycles. The molecule has 1 heterocycles. The number of halogens is 5. The van der Waals surface area contributed by atoms with Gasteiger partial charge in [0.25, 0.3) is 5.91 Å². The van der Waals surface area contributed by atoms with E-state index in [0.29, 0.717) is 23.9 Å². The zero-order chi connectivity index (χ0) is 29.4. The van der Waals surface area contributed by atoms with Gasteiger partial charge < -0.3 is 26.3 Å². The summed E-state index contributed by atoms with van der Waals surface area (Å²) < 4.78 is 61.5. The molecular formula is C27H26ClF4N5O3. The van der Waals surface area contributed by atoms with Gasteiger partial charge in [-0.1, -0.05) is 30.7 Å². The summed E-state index contributed by atoms with van der Waals surface area (Å²) in [6.45, 7) is 3.81. The van der Waals surface area contributed by atoms with Crippen LogP contribution in [0.1, 0.15) is 42.1 Å². The SMILES string of the molecule is C/C(CC(C)c1cccnc1Oc1ccc(Cl)c(NC(=O)c2cccc(OC(F)(F)C(F)F)c2)c1)=C(\N)N=CN. The van der Waals surface area contributed by atoms with Crippen molar-refractivity contribution in [2.75, 3.05) is 5.32 Å². The van der Waals surface area contributed by atoms with Crippen LogP contribution in [0, 0.1) is 0 Å². The second-order valence-electron chi connectivity index (χ2n) is 8.64. The van der Waals surface area contributed by atoms with Gasteiger partial charge in [0, 0.05) is 23.4 Å². The van der Waals surface area contributed by atoms with Crippen molar-refractivity contribution in [3.8, 4) is 17.4 Å². The van der Waals surface area contributed by atoms with Crippen LogP contribution in [0.5, 0.6) is 17.4 Å². The van der Waals surface area contributed by atoms with Crippen molar-refractivity contribution in [2.24, 2.45) is 16.5 Å². The molecule has 1 aromatic heterocycles. The van der Waals surface area contributed by atoms with E-state index in [2.05, 4.69) is 20.0 Å². The number of hydrogen-bond donors (Lipinski definition) is 3. The molecule has 8 nitrogen and oxygen atoms in total. The van der Waals surface area contributed by atoms with Gasteiger partial charge in [-0.05, 0) is 61.2 Å². The molecule has 0 fully saturated rings. The van der Waals surface area contributed by atoms with Crippen LogP contribution in [0.15, 0.2) is 77.2 Å². The molecule has 0 radical (unpaired) electrons. The summed E-state index contributed by atoms with van der Waals surface area (Å²) in [5.41, 5.74) is 12.8. The van der Waals surface area contributed by atoms with Crippen molar-refractivity contribution in [1.82, 2.24) is 4.98 Å². The number of pyridine rings is 1. The number of rotatable bonds is 11. The molecule has 5 N–H and O–H groups in total. The van der Waals surface area contributed by atoms with E-state index in [9.17, 15) is 22.4 Å². The van der Waals surface area contributed by atoms with E-state index in [4.69, 9.17) is 27.8 Å². The van der Waals surface area contributed by atoms with Gasteiger partial charge in [0.1, 0.15) is 17.3 Å². The molecule has 0 spiro atoms. The highest BCUT2D eigenvalue weighted by Gasteiger charge is 2.44. The molecule has 0 bridgehead atoms. The van der Waals surface area contributed by atoms with Gasteiger partial charge in [-0.15, -0.1) is 0 Å². The van der Waals surface area contributed by atoms with Crippen LogP contribution in [0.3, 0.4) is 0 Å². The first-order valence-electron chi connectivity index (χ1n) is 11.8. The maximum absolute atomic E-state index is 13.3. The first-order chi connectivity index (χ1) is 18.9. The minimum atomic E-state index is -4.72. The van der Waals surface area contributed by atoms with Gasteiger partial charge in [0.2, 0.25) is 5.88 Å². The topological polar surface area (TPSA) is 125 Å². The molecule has 0 saturated heterocycles. The molecule has 40 heavy (non-hydrogen) atoms. The molecule has 0 aliphatic heterocycles. The number of allylic oxidation sites excluding steroid dienone is 1. The largest absolute Gasteiger partial charge is 0.461 e. The first kappa shape index (κ1) is 30.2. The zero-order valence-corrected chi connectivity index (χ0v) is 22.1. The van der Waals surface area contributed by atoms with E-state index < -0.39 is 24.2 Å². The minimum Gasteiger partial charge on any atom is -0.439 e. The molecule has 1 atom stereocenters. The van der Waals surface area contributed by atoms with Crippen LogP contribution in [-0.4, -0.2) is 29.8 Å². The van der Waals surface area contributed by atoms with E-state index in [1.807, 2.05) is 19.9 Å². The second kappa shape index (κ2) is 13.2. The number of alkyl halides is 4. The Balaban J connectivity index is 1.79. The van der Waals surface area contributed by atoms with E-state index in [1.165, 1.54) is 24.3 Å². The third kappa shape index (κ3) is 7.85. The lowest BCUT2D eigenvalue weighted by Crippen LogP contribution is -2.33. The zero-order valence-electron chi connectivity index (χ0n) is 21.4. The molecule has 0 aliphatic rings. The summed E-state index contributed by atoms with van der Waals surface area (Å²) >= 11 is 6.25. The van der Waals surface area contributed by atoms with Crippen molar-refractivity contribution in [3.63, 3.8) is 0 Å². The van der Waals surface area contributed by atoms with Crippen LogP contribution >= 0.6 is 11.6 Å². The monoisotopic (exact) mass is 579 g/mol. The van der Waals surface area contributed by atoms with Crippen molar-refractivity contribution in [1.29, 1.82) is 0 Å². The number of benzene rings is 2. The van der Waals surface area contributed by atoms with Crippen LogP contribution in [0.4, 0.5) is 23.2 Å². The Morgan fingerprint density at radius 3 is 2.62 bits per heavy atom. The maximum atomic E-state index is 13.3. The smallest absolute Gasteiger partial charge is 0.439 e. The minimum absolute atomic E-state index is 0.0614. The van der Waals surface area contributed by atoms with Gasteiger partial charge in [0.15, 0.2) is 0 Å². The normalized spacial score (nSPS) is 13.2. The van der Waals surface area contributed by atoms with Crippen LogP contribution in [-0.2, 0) is 0 Å². The molecule has 3 rings (SSSR count). The number of aliphatic imine (C=N–C) groups is 1. The van der Waals surface area contributed by atoms with Crippen molar-refractivity contribution >= 4 is 29.5 Å². The van der Waals surface area contributed by atoms with Crippen molar-refractivity contribution in [2.45, 2.75) is 38.7 Å². The maximum Gasteiger partial charge on any atom is 0.461 e. The fourth-order valence-corrected chi connectivity index (χ4v) is 3.76. The first-order valence-corrected chi connectivity index (χ1v) is 12.2. The quantitative estimate of drug-likeness (QED) is 0.132. The summed E-state index contributed by atoms with van der Waals surface area (Å²) in [4.78, 5) is 21.0.